The van der Waals surface area contributed by atoms with Crippen molar-refractivity contribution in [2.75, 3.05) is 7.11 Å². The summed E-state index contributed by atoms with van der Waals surface area (Å²) in [7, 11) is 1.54. The van der Waals surface area contributed by atoms with E-state index in [1.165, 1.54) is 17.9 Å². The highest BCUT2D eigenvalue weighted by Crippen LogP contribution is 2.19. The number of benzene rings is 1. The lowest BCUT2D eigenvalue weighted by atomic mass is 10.3. The van der Waals surface area contributed by atoms with Gasteiger partial charge in [0.05, 0.1) is 19.0 Å². The fourth-order valence-electron chi connectivity index (χ4n) is 1.60. The van der Waals surface area contributed by atoms with Crippen LogP contribution in [0.15, 0.2) is 24.4 Å². The molecule has 1 heterocycles. The Kier molecular flexibility index (Phi) is 4.11. The van der Waals surface area contributed by atoms with Crippen LogP contribution in [0.3, 0.4) is 0 Å². The predicted molar refractivity (Wildman–Crippen MR) is 69.8 cm³/mol. The van der Waals surface area contributed by atoms with Gasteiger partial charge in [0, 0.05) is 18.7 Å². The highest BCUT2D eigenvalue weighted by atomic mass is 19.1. The monoisotopic (exact) mass is 264 g/mol. The molecule has 0 spiro atoms. The molecule has 6 heteroatoms. The number of halogens is 1. The van der Waals surface area contributed by atoms with E-state index in [2.05, 4.69) is 15.6 Å². The SMILES string of the molecule is COc1ccc(F)c(-n2cc(CNC(C)C)nn2)c1. The van der Waals surface area contributed by atoms with Crippen molar-refractivity contribution in [3.63, 3.8) is 0 Å². The van der Waals surface area contributed by atoms with Crippen LogP contribution in [0.1, 0.15) is 19.5 Å². The molecule has 0 radical (unpaired) electrons. The summed E-state index contributed by atoms with van der Waals surface area (Å²) in [5.41, 5.74) is 1.08. The Bertz CT molecular complexity index is 553. The van der Waals surface area contributed by atoms with Crippen molar-refractivity contribution in [2.24, 2.45) is 0 Å². The first kappa shape index (κ1) is 13.5. The lowest BCUT2D eigenvalue weighted by Crippen LogP contribution is -2.21. The van der Waals surface area contributed by atoms with Crippen LogP contribution >= 0.6 is 0 Å². The van der Waals surface area contributed by atoms with Gasteiger partial charge < -0.3 is 10.1 Å². The van der Waals surface area contributed by atoms with Gasteiger partial charge >= 0.3 is 0 Å². The standard InChI is InChI=1S/C13H17FN4O/c1-9(2)15-7-10-8-18(17-16-10)13-6-11(19-3)4-5-12(13)14/h4-6,8-9,15H,7H2,1-3H3. The van der Waals surface area contributed by atoms with Crippen LogP contribution in [0.5, 0.6) is 5.75 Å². The Morgan fingerprint density at radius 1 is 1.42 bits per heavy atom. The molecule has 5 nitrogen and oxygen atoms in total. The molecule has 0 saturated carbocycles. The number of ether oxygens (including phenoxy) is 1. The largest absolute Gasteiger partial charge is 0.497 e. The van der Waals surface area contributed by atoms with Crippen molar-refractivity contribution in [2.45, 2.75) is 26.4 Å². The molecule has 0 atom stereocenters. The van der Waals surface area contributed by atoms with E-state index >= 15 is 0 Å². The van der Waals surface area contributed by atoms with E-state index in [9.17, 15) is 4.39 Å². The van der Waals surface area contributed by atoms with Crippen LogP contribution in [-0.2, 0) is 6.54 Å². The van der Waals surface area contributed by atoms with Gasteiger partial charge in [0.25, 0.3) is 0 Å². The fourth-order valence-corrected chi connectivity index (χ4v) is 1.60. The molecule has 102 valence electrons. The van der Waals surface area contributed by atoms with Gasteiger partial charge in [-0.05, 0) is 12.1 Å². The quantitative estimate of drug-likeness (QED) is 0.896. The van der Waals surface area contributed by atoms with Crippen molar-refractivity contribution in [3.05, 3.63) is 35.9 Å². The molecule has 0 amide bonds. The maximum atomic E-state index is 13.8. The smallest absolute Gasteiger partial charge is 0.149 e. The molecule has 0 fully saturated rings. The minimum absolute atomic E-state index is 0.322. The van der Waals surface area contributed by atoms with Gasteiger partial charge in [-0.2, -0.15) is 0 Å². The summed E-state index contributed by atoms with van der Waals surface area (Å²) >= 11 is 0. The average molecular weight is 264 g/mol. The molecule has 0 aliphatic rings. The zero-order valence-corrected chi connectivity index (χ0v) is 11.2. The molecule has 0 bridgehead atoms. The van der Waals surface area contributed by atoms with E-state index < -0.39 is 0 Å². The molecule has 0 unspecified atom stereocenters. The van der Waals surface area contributed by atoms with Crippen molar-refractivity contribution < 1.29 is 9.13 Å². The Morgan fingerprint density at radius 3 is 2.89 bits per heavy atom. The summed E-state index contributed by atoms with van der Waals surface area (Å²) < 4.78 is 20.2. The van der Waals surface area contributed by atoms with Gasteiger partial charge in [0.2, 0.25) is 0 Å². The molecular weight excluding hydrogens is 247 g/mol. The van der Waals surface area contributed by atoms with E-state index in [1.54, 1.807) is 18.3 Å². The minimum Gasteiger partial charge on any atom is -0.497 e. The van der Waals surface area contributed by atoms with Gasteiger partial charge in [-0.25, -0.2) is 9.07 Å². The molecule has 1 aromatic heterocycles. The summed E-state index contributed by atoms with van der Waals surface area (Å²) in [5, 5.41) is 11.2. The van der Waals surface area contributed by atoms with Gasteiger partial charge in [0.1, 0.15) is 17.3 Å². The third kappa shape index (κ3) is 3.29. The van der Waals surface area contributed by atoms with E-state index in [4.69, 9.17) is 4.74 Å². The van der Waals surface area contributed by atoms with Crippen LogP contribution in [0, 0.1) is 5.82 Å². The molecule has 0 aliphatic heterocycles. The molecule has 0 aliphatic carbocycles. The topological polar surface area (TPSA) is 52.0 Å². The number of hydrogen-bond acceptors (Lipinski definition) is 4. The number of rotatable bonds is 5. The summed E-state index contributed by atoms with van der Waals surface area (Å²) in [4.78, 5) is 0. The highest BCUT2D eigenvalue weighted by molar-refractivity contribution is 5.40. The van der Waals surface area contributed by atoms with Crippen molar-refractivity contribution in [3.8, 4) is 11.4 Å². The van der Waals surface area contributed by atoms with E-state index in [0.29, 0.717) is 24.0 Å². The second kappa shape index (κ2) is 5.79. The Labute approximate surface area is 111 Å². The number of nitrogens with zero attached hydrogens (tertiary/aromatic N) is 3. The van der Waals surface area contributed by atoms with Crippen LogP contribution < -0.4 is 10.1 Å². The summed E-state index contributed by atoms with van der Waals surface area (Å²) in [6.45, 7) is 4.70. The molecule has 1 N–H and O–H groups in total. The highest BCUT2D eigenvalue weighted by Gasteiger charge is 2.09. The van der Waals surface area contributed by atoms with Gasteiger partial charge in [-0.3, -0.25) is 0 Å². The van der Waals surface area contributed by atoms with Crippen molar-refractivity contribution >= 4 is 0 Å². The number of nitrogens with one attached hydrogen (secondary N) is 1. The van der Waals surface area contributed by atoms with Gasteiger partial charge in [-0.1, -0.05) is 19.1 Å². The Balaban J connectivity index is 2.22. The summed E-state index contributed by atoms with van der Waals surface area (Å²) in [5.74, 6) is 0.211. The van der Waals surface area contributed by atoms with Crippen molar-refractivity contribution in [1.82, 2.24) is 20.3 Å². The lowest BCUT2D eigenvalue weighted by molar-refractivity contribution is 0.413. The Morgan fingerprint density at radius 2 is 2.21 bits per heavy atom. The first-order chi connectivity index (χ1) is 9.10. The van der Waals surface area contributed by atoms with E-state index in [-0.39, 0.29) is 5.82 Å². The van der Waals surface area contributed by atoms with Gasteiger partial charge in [0.15, 0.2) is 0 Å². The molecule has 0 saturated heterocycles. The third-order valence-corrected chi connectivity index (χ3v) is 2.63. The molecule has 2 rings (SSSR count). The first-order valence-electron chi connectivity index (χ1n) is 6.08. The lowest BCUT2D eigenvalue weighted by Gasteiger charge is -2.05. The minimum atomic E-state index is -0.367. The zero-order chi connectivity index (χ0) is 13.8. The van der Waals surface area contributed by atoms with Crippen LogP contribution in [-0.4, -0.2) is 28.1 Å². The van der Waals surface area contributed by atoms with Gasteiger partial charge in [-0.15, -0.1) is 5.10 Å². The first-order valence-corrected chi connectivity index (χ1v) is 6.08. The number of hydrogen-bond donors (Lipinski definition) is 1. The Hall–Kier alpha value is -1.95. The predicted octanol–water partition coefficient (Wildman–Crippen LogP) is 1.91. The zero-order valence-electron chi connectivity index (χ0n) is 11.2. The van der Waals surface area contributed by atoms with Crippen LogP contribution in [0.2, 0.25) is 0 Å². The second-order valence-electron chi connectivity index (χ2n) is 4.51. The average Bonchev–Trinajstić information content (AvgIpc) is 2.85. The van der Waals surface area contributed by atoms with Crippen molar-refractivity contribution in [1.29, 1.82) is 0 Å². The molecule has 19 heavy (non-hydrogen) atoms. The van der Waals surface area contributed by atoms with E-state index in [0.717, 1.165) is 5.69 Å². The molecule has 2 aromatic rings. The maximum absolute atomic E-state index is 13.8. The summed E-state index contributed by atoms with van der Waals surface area (Å²) in [6.07, 6.45) is 1.70. The van der Waals surface area contributed by atoms with Crippen LogP contribution in [0.4, 0.5) is 4.39 Å². The fraction of sp³-hybridized carbons (Fsp3) is 0.385. The third-order valence-electron chi connectivity index (χ3n) is 2.63. The number of aromatic nitrogens is 3. The van der Waals surface area contributed by atoms with Crippen LogP contribution in [0.25, 0.3) is 5.69 Å². The second-order valence-corrected chi connectivity index (χ2v) is 4.51. The van der Waals surface area contributed by atoms with E-state index in [1.807, 2.05) is 13.8 Å². The normalized spacial score (nSPS) is 11.0. The molecular formula is C13H17FN4O. The molecule has 1 aromatic carbocycles. The maximum Gasteiger partial charge on any atom is 0.149 e. The summed E-state index contributed by atoms with van der Waals surface area (Å²) in [6, 6.07) is 4.86. The number of methoxy groups -OCH3 is 1.